The number of carbonyl (C=O) groups is 2. The first kappa shape index (κ1) is 18.8. The van der Waals surface area contributed by atoms with Crippen LogP contribution in [0.1, 0.15) is 50.7 Å². The van der Waals surface area contributed by atoms with E-state index in [9.17, 15) is 9.59 Å². The van der Waals surface area contributed by atoms with E-state index in [4.69, 9.17) is 4.74 Å². The topological polar surface area (TPSA) is 59.0 Å². The van der Waals surface area contributed by atoms with Crippen LogP contribution in [0.4, 0.5) is 11.4 Å². The maximum absolute atomic E-state index is 13.0. The highest BCUT2D eigenvalue weighted by atomic mass is 16.5. The Bertz CT molecular complexity index is 867. The van der Waals surface area contributed by atoms with E-state index in [-0.39, 0.29) is 12.6 Å². The Morgan fingerprint density at radius 1 is 1.07 bits per heavy atom. The molecule has 0 atom stereocenters. The smallest absolute Gasteiger partial charge is 0.304 e. The van der Waals surface area contributed by atoms with Gasteiger partial charge in [-0.05, 0) is 42.5 Å². The third-order valence-electron chi connectivity index (χ3n) is 4.90. The number of carbonyl (C=O) groups excluding carboxylic acids is 2. The van der Waals surface area contributed by atoms with Crippen molar-refractivity contribution in [3.63, 3.8) is 0 Å². The standard InChI is InChI=1S/C22H24N2O3/c1-4-16(5-2)17-10-12-18(13-11-17)24-20-9-7-6-8-19(20)21(22(24)26)23-14-27-15(3)25/h6-13,16H,4-5,14H2,1-3H3. The molecule has 0 aromatic heterocycles. The summed E-state index contributed by atoms with van der Waals surface area (Å²) < 4.78 is 4.88. The minimum Gasteiger partial charge on any atom is -0.443 e. The highest BCUT2D eigenvalue weighted by Gasteiger charge is 2.34. The lowest BCUT2D eigenvalue weighted by Gasteiger charge is -2.19. The number of ether oxygens (including phenoxy) is 1. The molecule has 1 aliphatic rings. The third kappa shape index (κ3) is 3.77. The molecule has 0 saturated carbocycles. The van der Waals surface area contributed by atoms with Crippen LogP contribution in [0.2, 0.25) is 0 Å². The summed E-state index contributed by atoms with van der Waals surface area (Å²) in [4.78, 5) is 29.9. The van der Waals surface area contributed by atoms with Crippen LogP contribution in [0.15, 0.2) is 53.5 Å². The van der Waals surface area contributed by atoms with Gasteiger partial charge in [0, 0.05) is 18.2 Å². The van der Waals surface area contributed by atoms with Gasteiger partial charge in [0.1, 0.15) is 5.71 Å². The number of benzene rings is 2. The zero-order valence-electron chi connectivity index (χ0n) is 15.9. The minimum absolute atomic E-state index is 0.161. The highest BCUT2D eigenvalue weighted by molar-refractivity contribution is 6.55. The largest absolute Gasteiger partial charge is 0.443 e. The summed E-state index contributed by atoms with van der Waals surface area (Å²) in [6.07, 6.45) is 2.18. The number of esters is 1. The van der Waals surface area contributed by atoms with Crippen molar-refractivity contribution in [1.82, 2.24) is 0 Å². The Balaban J connectivity index is 1.94. The molecule has 2 aromatic rings. The molecular formula is C22H24N2O3. The van der Waals surface area contributed by atoms with Crippen molar-refractivity contribution in [3.8, 4) is 0 Å². The fourth-order valence-electron chi connectivity index (χ4n) is 3.45. The van der Waals surface area contributed by atoms with E-state index in [2.05, 4.69) is 31.0 Å². The molecule has 0 bridgehead atoms. The maximum atomic E-state index is 13.0. The van der Waals surface area contributed by atoms with Gasteiger partial charge < -0.3 is 4.74 Å². The molecule has 0 fully saturated rings. The predicted octanol–water partition coefficient (Wildman–Crippen LogP) is 4.58. The summed E-state index contributed by atoms with van der Waals surface area (Å²) in [7, 11) is 0. The van der Waals surface area contributed by atoms with Gasteiger partial charge in [0.15, 0.2) is 6.73 Å². The van der Waals surface area contributed by atoms with Gasteiger partial charge in [0.05, 0.1) is 5.69 Å². The highest BCUT2D eigenvalue weighted by Crippen LogP contribution is 2.36. The Morgan fingerprint density at radius 3 is 2.37 bits per heavy atom. The number of nitrogens with zero attached hydrogens (tertiary/aromatic N) is 2. The number of aliphatic imine (C=N–C) groups is 1. The van der Waals surface area contributed by atoms with Crippen LogP contribution in [0, 0.1) is 0 Å². The first-order chi connectivity index (χ1) is 13.1. The van der Waals surface area contributed by atoms with Crippen molar-refractivity contribution >= 4 is 29.0 Å². The van der Waals surface area contributed by atoms with Crippen molar-refractivity contribution in [2.24, 2.45) is 4.99 Å². The second-order valence-electron chi connectivity index (χ2n) is 6.53. The van der Waals surface area contributed by atoms with E-state index in [0.29, 0.717) is 11.6 Å². The Labute approximate surface area is 159 Å². The molecule has 0 spiro atoms. The molecule has 27 heavy (non-hydrogen) atoms. The van der Waals surface area contributed by atoms with Crippen molar-refractivity contribution in [2.45, 2.75) is 39.5 Å². The van der Waals surface area contributed by atoms with Gasteiger partial charge in [-0.2, -0.15) is 0 Å². The zero-order valence-corrected chi connectivity index (χ0v) is 15.9. The summed E-state index contributed by atoms with van der Waals surface area (Å²) in [5, 5.41) is 0. The Kier molecular flexibility index (Phi) is 5.69. The fourth-order valence-corrected chi connectivity index (χ4v) is 3.45. The molecular weight excluding hydrogens is 340 g/mol. The van der Waals surface area contributed by atoms with Crippen LogP contribution >= 0.6 is 0 Å². The molecule has 0 radical (unpaired) electrons. The number of rotatable bonds is 6. The molecule has 3 rings (SSSR count). The summed E-state index contributed by atoms with van der Waals surface area (Å²) in [5.74, 6) is -0.105. The van der Waals surface area contributed by atoms with E-state index in [1.807, 2.05) is 36.4 Å². The molecule has 5 nitrogen and oxygen atoms in total. The molecule has 0 aliphatic carbocycles. The van der Waals surface area contributed by atoms with Crippen LogP contribution < -0.4 is 4.90 Å². The third-order valence-corrected chi connectivity index (χ3v) is 4.90. The van der Waals surface area contributed by atoms with Crippen LogP contribution in [-0.4, -0.2) is 24.3 Å². The molecule has 1 amide bonds. The van der Waals surface area contributed by atoms with Crippen LogP contribution in [0.3, 0.4) is 0 Å². The van der Waals surface area contributed by atoms with E-state index in [1.54, 1.807) is 4.90 Å². The molecule has 1 aliphatic heterocycles. The van der Waals surface area contributed by atoms with Crippen molar-refractivity contribution < 1.29 is 14.3 Å². The summed E-state index contributed by atoms with van der Waals surface area (Å²) in [5.41, 5.74) is 3.95. The molecule has 2 aromatic carbocycles. The molecule has 1 heterocycles. The number of para-hydroxylation sites is 1. The van der Waals surface area contributed by atoms with Gasteiger partial charge in [-0.25, -0.2) is 4.99 Å². The van der Waals surface area contributed by atoms with E-state index < -0.39 is 5.97 Å². The van der Waals surface area contributed by atoms with Crippen molar-refractivity contribution in [3.05, 3.63) is 59.7 Å². The predicted molar refractivity (Wildman–Crippen MR) is 107 cm³/mol. The molecule has 0 saturated heterocycles. The van der Waals surface area contributed by atoms with Crippen molar-refractivity contribution in [2.75, 3.05) is 11.6 Å². The number of anilines is 2. The lowest BCUT2D eigenvalue weighted by molar-refractivity contribution is -0.140. The van der Waals surface area contributed by atoms with Gasteiger partial charge in [0.2, 0.25) is 0 Å². The lowest BCUT2D eigenvalue weighted by Crippen LogP contribution is -2.25. The van der Waals surface area contributed by atoms with Crippen LogP contribution in [0.5, 0.6) is 0 Å². The minimum atomic E-state index is -0.424. The first-order valence-corrected chi connectivity index (χ1v) is 9.28. The number of amides is 1. The average Bonchev–Trinajstić information content (AvgIpc) is 2.95. The second kappa shape index (κ2) is 8.16. The Morgan fingerprint density at radius 2 is 1.74 bits per heavy atom. The summed E-state index contributed by atoms with van der Waals surface area (Å²) in [6.45, 7) is 5.53. The van der Waals surface area contributed by atoms with Crippen LogP contribution in [0.25, 0.3) is 0 Å². The van der Waals surface area contributed by atoms with E-state index in [0.717, 1.165) is 29.8 Å². The first-order valence-electron chi connectivity index (χ1n) is 9.28. The maximum Gasteiger partial charge on any atom is 0.304 e. The quantitative estimate of drug-likeness (QED) is 0.705. The average molecular weight is 364 g/mol. The SMILES string of the molecule is CCC(CC)c1ccc(N2C(=O)C(=NCOC(C)=O)c3ccccc32)cc1. The number of hydrogen-bond acceptors (Lipinski definition) is 4. The normalized spacial score (nSPS) is 14.7. The summed E-state index contributed by atoms with van der Waals surface area (Å²) in [6, 6.07) is 15.7. The van der Waals surface area contributed by atoms with Gasteiger partial charge >= 0.3 is 5.97 Å². The molecule has 0 unspecified atom stereocenters. The van der Waals surface area contributed by atoms with Gasteiger partial charge in [-0.3, -0.25) is 14.5 Å². The number of fused-ring (bicyclic) bond motifs is 1. The second-order valence-corrected chi connectivity index (χ2v) is 6.53. The Hall–Kier alpha value is -2.95. The van der Waals surface area contributed by atoms with E-state index >= 15 is 0 Å². The van der Waals surface area contributed by atoms with Gasteiger partial charge in [0.25, 0.3) is 5.91 Å². The monoisotopic (exact) mass is 364 g/mol. The van der Waals surface area contributed by atoms with Gasteiger partial charge in [-0.1, -0.05) is 44.2 Å². The molecule has 5 heteroatoms. The van der Waals surface area contributed by atoms with E-state index in [1.165, 1.54) is 12.5 Å². The fraction of sp³-hybridized carbons (Fsp3) is 0.318. The lowest BCUT2D eigenvalue weighted by atomic mass is 9.94. The summed E-state index contributed by atoms with van der Waals surface area (Å²) >= 11 is 0. The molecule has 140 valence electrons. The van der Waals surface area contributed by atoms with Crippen LogP contribution in [-0.2, 0) is 14.3 Å². The molecule has 0 N–H and O–H groups in total. The van der Waals surface area contributed by atoms with Crippen molar-refractivity contribution in [1.29, 1.82) is 0 Å². The number of hydrogen-bond donors (Lipinski definition) is 0. The zero-order chi connectivity index (χ0) is 19.4. The van der Waals surface area contributed by atoms with Gasteiger partial charge in [-0.15, -0.1) is 0 Å².